The summed E-state index contributed by atoms with van der Waals surface area (Å²) in [6.07, 6.45) is 0.926. The molecule has 0 bridgehead atoms. The summed E-state index contributed by atoms with van der Waals surface area (Å²) >= 11 is 3.50. The van der Waals surface area contributed by atoms with Crippen LogP contribution in [0.5, 0.6) is 0 Å². The molecule has 2 atom stereocenters. The second kappa shape index (κ2) is 6.93. The number of amides is 1. The Kier molecular flexibility index (Phi) is 5.86. The van der Waals surface area contributed by atoms with Gasteiger partial charge in [0.25, 0.3) is 5.91 Å². The predicted octanol–water partition coefficient (Wildman–Crippen LogP) is 4.10. The van der Waals surface area contributed by atoms with Crippen LogP contribution in [0, 0.1) is 0 Å². The molecule has 0 heterocycles. The molecule has 1 amide bonds. The molecule has 0 radical (unpaired) electrons. The first-order chi connectivity index (χ1) is 8.40. The van der Waals surface area contributed by atoms with Crippen LogP contribution in [0.1, 0.15) is 56.0 Å². The molecule has 0 aliphatic carbocycles. The van der Waals surface area contributed by atoms with Gasteiger partial charge in [-0.1, -0.05) is 48.8 Å². The Bertz CT molecular complexity index is 384. The average Bonchev–Trinajstić information content (AvgIpc) is 2.27. The summed E-state index contributed by atoms with van der Waals surface area (Å²) in [5, 5.41) is 3.01. The Balaban J connectivity index is 2.61. The molecule has 0 aromatic heterocycles. The van der Waals surface area contributed by atoms with Crippen molar-refractivity contribution in [2.45, 2.75) is 50.9 Å². The van der Waals surface area contributed by atoms with Gasteiger partial charge in [-0.05, 0) is 37.0 Å². The van der Waals surface area contributed by atoms with Crippen LogP contribution in [0.2, 0.25) is 0 Å². The molecule has 2 unspecified atom stereocenters. The lowest BCUT2D eigenvalue weighted by Crippen LogP contribution is -2.33. The largest absolute Gasteiger partial charge is 0.350 e. The number of carbonyl (C=O) groups is 1. The fourth-order valence-electron chi connectivity index (χ4n) is 1.87. The molecule has 1 rings (SSSR count). The van der Waals surface area contributed by atoms with Crippen molar-refractivity contribution in [2.75, 3.05) is 0 Å². The van der Waals surface area contributed by atoms with Gasteiger partial charge in [0, 0.05) is 16.4 Å². The van der Waals surface area contributed by atoms with Crippen LogP contribution in [0.25, 0.3) is 0 Å². The monoisotopic (exact) mass is 311 g/mol. The highest BCUT2D eigenvalue weighted by molar-refractivity contribution is 9.09. The third-order valence-electron chi connectivity index (χ3n) is 2.90. The van der Waals surface area contributed by atoms with Gasteiger partial charge in [0.05, 0.1) is 0 Å². The molecule has 1 aromatic carbocycles. The van der Waals surface area contributed by atoms with E-state index < -0.39 is 0 Å². The maximum absolute atomic E-state index is 12.0. The van der Waals surface area contributed by atoms with E-state index >= 15 is 0 Å². The minimum Gasteiger partial charge on any atom is -0.350 e. The van der Waals surface area contributed by atoms with E-state index in [1.807, 2.05) is 31.2 Å². The van der Waals surface area contributed by atoms with Crippen LogP contribution in [0.4, 0.5) is 0 Å². The molecular weight excluding hydrogens is 290 g/mol. The Labute approximate surface area is 118 Å². The second-order valence-electron chi connectivity index (χ2n) is 5.17. The molecule has 0 fully saturated rings. The van der Waals surface area contributed by atoms with Crippen LogP contribution in [-0.4, -0.2) is 16.8 Å². The molecule has 0 aliphatic heterocycles. The van der Waals surface area contributed by atoms with Gasteiger partial charge in [0.1, 0.15) is 0 Å². The Morgan fingerprint density at radius 1 is 1.17 bits per heavy atom. The van der Waals surface area contributed by atoms with Crippen LogP contribution in [-0.2, 0) is 0 Å². The highest BCUT2D eigenvalue weighted by atomic mass is 79.9. The Morgan fingerprint density at radius 2 is 1.72 bits per heavy atom. The zero-order valence-electron chi connectivity index (χ0n) is 11.5. The van der Waals surface area contributed by atoms with Gasteiger partial charge >= 0.3 is 0 Å². The van der Waals surface area contributed by atoms with Crippen molar-refractivity contribution in [2.24, 2.45) is 0 Å². The molecular formula is C15H22BrNO. The minimum absolute atomic E-state index is 0.00551. The third-order valence-corrected chi connectivity index (χ3v) is 3.27. The highest BCUT2D eigenvalue weighted by Crippen LogP contribution is 2.15. The fourth-order valence-corrected chi connectivity index (χ4v) is 2.43. The van der Waals surface area contributed by atoms with Crippen molar-refractivity contribution in [3.8, 4) is 0 Å². The summed E-state index contributed by atoms with van der Waals surface area (Å²) in [4.78, 5) is 12.4. The van der Waals surface area contributed by atoms with E-state index in [0.29, 0.717) is 10.7 Å². The van der Waals surface area contributed by atoms with Crippen LogP contribution >= 0.6 is 15.9 Å². The van der Waals surface area contributed by atoms with Gasteiger partial charge in [-0.2, -0.15) is 0 Å². The topological polar surface area (TPSA) is 29.1 Å². The predicted molar refractivity (Wildman–Crippen MR) is 80.5 cm³/mol. The molecule has 0 saturated heterocycles. The Morgan fingerprint density at radius 3 is 2.17 bits per heavy atom. The highest BCUT2D eigenvalue weighted by Gasteiger charge is 2.11. The van der Waals surface area contributed by atoms with Gasteiger partial charge in [0.15, 0.2) is 0 Å². The van der Waals surface area contributed by atoms with E-state index in [1.54, 1.807) is 0 Å². The lowest BCUT2D eigenvalue weighted by Gasteiger charge is -2.15. The summed E-state index contributed by atoms with van der Waals surface area (Å²) in [5.41, 5.74) is 1.99. The van der Waals surface area contributed by atoms with Crippen molar-refractivity contribution in [3.05, 3.63) is 35.4 Å². The molecule has 1 N–H and O–H groups in total. The summed E-state index contributed by atoms with van der Waals surface area (Å²) in [6, 6.07) is 8.02. The molecule has 2 nitrogen and oxygen atoms in total. The van der Waals surface area contributed by atoms with E-state index in [0.717, 1.165) is 12.0 Å². The zero-order valence-corrected chi connectivity index (χ0v) is 13.1. The maximum atomic E-state index is 12.0. The van der Waals surface area contributed by atoms with Crippen molar-refractivity contribution < 1.29 is 4.79 Å². The number of hydrogen-bond donors (Lipinski definition) is 1. The van der Waals surface area contributed by atoms with Gasteiger partial charge in [-0.15, -0.1) is 0 Å². The third kappa shape index (κ3) is 4.81. The van der Waals surface area contributed by atoms with Crippen molar-refractivity contribution in [1.82, 2.24) is 5.32 Å². The molecule has 18 heavy (non-hydrogen) atoms. The fraction of sp³-hybridized carbons (Fsp3) is 0.533. The summed E-state index contributed by atoms with van der Waals surface area (Å²) in [6.45, 7) is 8.40. The van der Waals surface area contributed by atoms with Gasteiger partial charge in [-0.25, -0.2) is 0 Å². The lowest BCUT2D eigenvalue weighted by molar-refractivity contribution is 0.0938. The molecule has 0 saturated carbocycles. The lowest BCUT2D eigenvalue weighted by atomic mass is 10.0. The second-order valence-corrected chi connectivity index (χ2v) is 6.73. The maximum Gasteiger partial charge on any atom is 0.251 e. The van der Waals surface area contributed by atoms with E-state index in [-0.39, 0.29) is 11.9 Å². The number of benzene rings is 1. The van der Waals surface area contributed by atoms with Crippen LogP contribution in [0.3, 0.4) is 0 Å². The number of rotatable bonds is 5. The van der Waals surface area contributed by atoms with E-state index in [2.05, 4.69) is 42.0 Å². The van der Waals surface area contributed by atoms with Crippen LogP contribution < -0.4 is 5.32 Å². The van der Waals surface area contributed by atoms with Gasteiger partial charge in [0.2, 0.25) is 0 Å². The molecule has 3 heteroatoms. The van der Waals surface area contributed by atoms with Crippen LogP contribution in [0.15, 0.2) is 24.3 Å². The number of halogens is 1. The minimum atomic E-state index is 0.00551. The number of carbonyl (C=O) groups excluding carboxylic acids is 1. The molecule has 1 aromatic rings. The molecule has 0 aliphatic rings. The first-order valence-corrected chi connectivity index (χ1v) is 7.36. The van der Waals surface area contributed by atoms with Crippen molar-refractivity contribution in [1.29, 1.82) is 0 Å². The first-order valence-electron chi connectivity index (χ1n) is 6.45. The standard InChI is InChI=1S/C15H22BrNO/c1-10(2)13-5-7-14(8-6-13)15(18)17-12(4)9-11(3)16/h5-8,10-12H,9H2,1-4H3,(H,17,18). The van der Waals surface area contributed by atoms with E-state index in [9.17, 15) is 4.79 Å². The van der Waals surface area contributed by atoms with E-state index in [1.165, 1.54) is 5.56 Å². The van der Waals surface area contributed by atoms with Gasteiger partial charge < -0.3 is 5.32 Å². The zero-order chi connectivity index (χ0) is 13.7. The van der Waals surface area contributed by atoms with Crippen molar-refractivity contribution in [3.63, 3.8) is 0 Å². The number of alkyl halides is 1. The normalized spacial score (nSPS) is 14.3. The molecule has 100 valence electrons. The smallest absolute Gasteiger partial charge is 0.251 e. The SMILES string of the molecule is CC(Br)CC(C)NC(=O)c1ccc(C(C)C)cc1. The number of nitrogens with one attached hydrogen (secondary N) is 1. The average molecular weight is 312 g/mol. The Hall–Kier alpha value is -0.830. The number of hydrogen-bond acceptors (Lipinski definition) is 1. The first kappa shape index (κ1) is 15.2. The van der Waals surface area contributed by atoms with Gasteiger partial charge in [-0.3, -0.25) is 4.79 Å². The summed E-state index contributed by atoms with van der Waals surface area (Å²) in [7, 11) is 0. The molecule has 0 spiro atoms. The quantitative estimate of drug-likeness (QED) is 0.815. The van der Waals surface area contributed by atoms with E-state index in [4.69, 9.17) is 0 Å². The van der Waals surface area contributed by atoms with Crippen molar-refractivity contribution >= 4 is 21.8 Å². The summed E-state index contributed by atoms with van der Waals surface area (Å²) in [5.74, 6) is 0.501. The summed E-state index contributed by atoms with van der Waals surface area (Å²) < 4.78 is 0.